The molecule has 0 N–H and O–H groups in total. The van der Waals surface area contributed by atoms with E-state index in [4.69, 9.17) is 23.7 Å². The molecule has 0 aliphatic rings. The van der Waals surface area contributed by atoms with Crippen molar-refractivity contribution in [2.45, 2.75) is 0 Å². The lowest BCUT2D eigenvalue weighted by Crippen LogP contribution is -1.97. The highest BCUT2D eigenvalue weighted by Gasteiger charge is 2.20. The van der Waals surface area contributed by atoms with Crippen molar-refractivity contribution in [2.75, 3.05) is 0 Å². The summed E-state index contributed by atoms with van der Waals surface area (Å²) in [6.45, 7) is 0. The van der Waals surface area contributed by atoms with E-state index in [1.54, 1.807) is 24.3 Å². The Morgan fingerprint density at radius 3 is 1.69 bits per heavy atom. The summed E-state index contributed by atoms with van der Waals surface area (Å²) in [5, 5.41) is 0.274. The van der Waals surface area contributed by atoms with E-state index in [1.807, 2.05) is 54.6 Å². The van der Waals surface area contributed by atoms with Crippen LogP contribution in [0.5, 0.6) is 0 Å². The van der Waals surface area contributed by atoms with Crippen LogP contribution in [0.1, 0.15) is 20.6 Å². The van der Waals surface area contributed by atoms with Gasteiger partial charge in [-0.3, -0.25) is 0 Å². The average Bonchev–Trinajstić information content (AvgIpc) is 3.84. The van der Waals surface area contributed by atoms with Gasteiger partial charge in [-0.1, -0.05) is 103 Å². The lowest BCUT2D eigenvalue weighted by Gasteiger charge is -2.11. The van der Waals surface area contributed by atoms with E-state index in [9.17, 15) is 6.85 Å². The fourth-order valence-electron chi connectivity index (χ4n) is 6.45. The van der Waals surface area contributed by atoms with E-state index in [0.29, 0.717) is 28.3 Å². The zero-order chi connectivity index (χ0) is 44.7. The molecule has 3 aromatic heterocycles. The van der Waals surface area contributed by atoms with Gasteiger partial charge in [-0.2, -0.15) is 0 Å². The second-order valence-corrected chi connectivity index (χ2v) is 11.1. The second kappa shape index (κ2) is 10.5. The first kappa shape index (κ1) is 15.9. The topological polar surface area (TPSA) is 35.6 Å². The highest BCUT2D eigenvalue weighted by molar-refractivity contribution is 6.28. The molecule has 0 radical (unpaired) electrons. The Bertz CT molecular complexity index is 3650. The maximum atomic E-state index is 9.63. The Hall–Kier alpha value is -6.52. The molecule has 0 atom stereocenters. The molecule has 0 saturated heterocycles. The molecule has 3 heterocycles. The van der Waals surface area contributed by atoms with E-state index in [1.165, 1.54) is 4.57 Å². The van der Waals surface area contributed by atoms with Gasteiger partial charge in [-0.05, 0) is 66.6 Å². The quantitative estimate of drug-likeness (QED) is 0.195. The van der Waals surface area contributed by atoms with Gasteiger partial charge in [0.15, 0.2) is 5.82 Å². The fraction of sp³-hybridized carbons (Fsp3) is 0. The average molecular weight is 628 g/mol. The largest absolute Gasteiger partial charge is 0.309 e. The van der Waals surface area contributed by atoms with E-state index in [0.717, 1.165) is 15.5 Å². The molecule has 0 aliphatic heterocycles. The highest BCUT2D eigenvalue weighted by Crippen LogP contribution is 2.42. The Kier molecular flexibility index (Phi) is 3.47. The summed E-state index contributed by atoms with van der Waals surface area (Å²) in [5.74, 6) is 0.397. The first-order chi connectivity index (χ1) is 30.1. The molecule has 48 heavy (non-hydrogen) atoms. The Labute approximate surface area is 297 Å². The van der Waals surface area contributed by atoms with Crippen LogP contribution in [0.25, 0.3) is 88.5 Å². The minimum Gasteiger partial charge on any atom is -0.309 e. The van der Waals surface area contributed by atoms with Gasteiger partial charge < -0.3 is 9.13 Å². The van der Waals surface area contributed by atoms with Gasteiger partial charge in [0.1, 0.15) is 0 Å². The Morgan fingerprint density at radius 1 is 0.417 bits per heavy atom. The summed E-state index contributed by atoms with van der Waals surface area (Å²) >= 11 is 0. The number of para-hydroxylation sites is 4. The van der Waals surface area contributed by atoms with Crippen LogP contribution in [0.3, 0.4) is 0 Å². The number of rotatable bonds is 4. The zero-order valence-corrected chi connectivity index (χ0v) is 24.8. The summed E-state index contributed by atoms with van der Waals surface area (Å²) < 4.78 is 136. The molecule has 7 aromatic carbocycles. The molecule has 0 aliphatic carbocycles. The normalized spacial score (nSPS) is 16.1. The minimum atomic E-state index is -0.750. The standard InChI is InChI=1S/C44H28N4/c1-3-13-29(14-4-1)43-33-17-7-10-20-36(33)45-44(46-43)30-23-25-32(26-24-30)48-38-22-12-9-19-35(38)42-40(48)28-27-39-41(42)34-18-8-11-21-37(34)47(39)31-15-5-2-6-16-31/h1-28H/i2D,5D,6D,8D,9D,11D,12D,15D,16D,18D,19D,21D,22D,27D,28D. The van der Waals surface area contributed by atoms with Crippen LogP contribution >= 0.6 is 0 Å². The molecule has 0 saturated carbocycles. The van der Waals surface area contributed by atoms with Crippen molar-refractivity contribution in [3.63, 3.8) is 0 Å². The summed E-state index contributed by atoms with van der Waals surface area (Å²) in [5.41, 5.74) is 1.79. The van der Waals surface area contributed by atoms with Crippen LogP contribution in [0.4, 0.5) is 0 Å². The van der Waals surface area contributed by atoms with Gasteiger partial charge in [-0.15, -0.1) is 0 Å². The molecule has 0 bridgehead atoms. The maximum Gasteiger partial charge on any atom is 0.160 e. The van der Waals surface area contributed by atoms with Gasteiger partial charge in [-0.25, -0.2) is 9.97 Å². The van der Waals surface area contributed by atoms with Gasteiger partial charge in [0.05, 0.1) is 53.8 Å². The van der Waals surface area contributed by atoms with Gasteiger partial charge >= 0.3 is 0 Å². The SMILES string of the molecule is [2H]c1c([2H])c([2H])c(-n2c3c([2H])c([2H])c([2H])c([2H])c3c3c4c5c([2H])c([2H])c([2H])c([2H])c5n(-c5ccc(-c6nc(-c7ccccc7)c7ccccc7n6)cc5)c4c([2H])c([2H])c32)c([2H])c1[2H]. The minimum absolute atomic E-state index is 0.0661. The first-order valence-corrected chi connectivity index (χ1v) is 15.0. The van der Waals surface area contributed by atoms with E-state index in [2.05, 4.69) is 0 Å². The third-order valence-corrected chi connectivity index (χ3v) is 8.50. The molecule has 0 fully saturated rings. The summed E-state index contributed by atoms with van der Waals surface area (Å²) in [6, 6.07) is 14.3. The number of hydrogen-bond donors (Lipinski definition) is 0. The summed E-state index contributed by atoms with van der Waals surface area (Å²) in [4.78, 5) is 9.80. The molecule has 10 aromatic rings. The highest BCUT2D eigenvalue weighted by atomic mass is 15.0. The van der Waals surface area contributed by atoms with Crippen LogP contribution in [-0.2, 0) is 0 Å². The summed E-state index contributed by atoms with van der Waals surface area (Å²) in [7, 11) is 0. The molecule has 10 rings (SSSR count). The van der Waals surface area contributed by atoms with Crippen molar-refractivity contribution in [1.82, 2.24) is 19.1 Å². The van der Waals surface area contributed by atoms with Crippen LogP contribution in [-0.4, -0.2) is 19.1 Å². The van der Waals surface area contributed by atoms with E-state index >= 15 is 0 Å². The van der Waals surface area contributed by atoms with Crippen LogP contribution in [0.15, 0.2) is 169 Å². The van der Waals surface area contributed by atoms with Crippen molar-refractivity contribution in [1.29, 1.82) is 0 Å². The molecule has 224 valence electrons. The number of hydrogen-bond acceptors (Lipinski definition) is 2. The lowest BCUT2D eigenvalue weighted by molar-refractivity contribution is 1.17. The van der Waals surface area contributed by atoms with Crippen molar-refractivity contribution in [3.8, 4) is 34.0 Å². The molecular weight excluding hydrogens is 585 g/mol. The zero-order valence-electron chi connectivity index (χ0n) is 39.8. The second-order valence-electron chi connectivity index (χ2n) is 11.1. The predicted molar refractivity (Wildman–Crippen MR) is 199 cm³/mol. The van der Waals surface area contributed by atoms with E-state index < -0.39 is 96.3 Å². The van der Waals surface area contributed by atoms with Crippen molar-refractivity contribution >= 4 is 54.5 Å². The van der Waals surface area contributed by atoms with Crippen molar-refractivity contribution in [3.05, 3.63) is 169 Å². The molecule has 4 heteroatoms. The van der Waals surface area contributed by atoms with Gasteiger partial charge in [0.2, 0.25) is 0 Å². The van der Waals surface area contributed by atoms with Crippen molar-refractivity contribution in [2.24, 2.45) is 0 Å². The number of nitrogens with zero attached hydrogens (tertiary/aromatic N) is 4. The first-order valence-electron chi connectivity index (χ1n) is 22.5. The van der Waals surface area contributed by atoms with Gasteiger partial charge in [0, 0.05) is 49.4 Å². The lowest BCUT2D eigenvalue weighted by atomic mass is 10.1. The summed E-state index contributed by atoms with van der Waals surface area (Å²) in [6.07, 6.45) is 0. The molecule has 0 spiro atoms. The van der Waals surface area contributed by atoms with Crippen LogP contribution in [0.2, 0.25) is 0 Å². The number of benzene rings is 7. The molecule has 0 unspecified atom stereocenters. The fourth-order valence-corrected chi connectivity index (χ4v) is 6.45. The van der Waals surface area contributed by atoms with Gasteiger partial charge in [0.25, 0.3) is 0 Å². The third kappa shape index (κ3) is 3.96. The smallest absolute Gasteiger partial charge is 0.160 e. The predicted octanol–water partition coefficient (Wildman–Crippen LogP) is 11.2. The number of aromatic nitrogens is 4. The van der Waals surface area contributed by atoms with Crippen LogP contribution in [0, 0.1) is 0 Å². The molecular formula is C44H28N4. The number of fused-ring (bicyclic) bond motifs is 8. The Morgan fingerprint density at radius 2 is 1.00 bits per heavy atom. The third-order valence-electron chi connectivity index (χ3n) is 8.50. The van der Waals surface area contributed by atoms with Crippen molar-refractivity contribution < 1.29 is 20.6 Å². The monoisotopic (exact) mass is 627 g/mol. The Balaban J connectivity index is 1.36. The van der Waals surface area contributed by atoms with E-state index in [-0.39, 0.29) is 43.6 Å². The molecule has 4 nitrogen and oxygen atoms in total. The maximum absolute atomic E-state index is 9.63. The molecule has 0 amide bonds. The van der Waals surface area contributed by atoms with Crippen LogP contribution < -0.4 is 0 Å².